The molecule has 0 unspecified atom stereocenters. The summed E-state index contributed by atoms with van der Waals surface area (Å²) in [5.41, 5.74) is 1.52. The van der Waals surface area contributed by atoms with Crippen LogP contribution in [0.25, 0.3) is 0 Å². The first-order valence-electron chi connectivity index (χ1n) is 9.30. The van der Waals surface area contributed by atoms with Crippen molar-refractivity contribution >= 4 is 40.8 Å². The summed E-state index contributed by atoms with van der Waals surface area (Å²) in [6.45, 7) is 2.37. The van der Waals surface area contributed by atoms with Gasteiger partial charge in [-0.2, -0.15) is 0 Å². The van der Waals surface area contributed by atoms with Crippen molar-refractivity contribution in [2.24, 2.45) is 0 Å². The number of likely N-dealkylation sites (N-methyl/N-ethyl adjacent to an activating group) is 1. The highest BCUT2D eigenvalue weighted by Crippen LogP contribution is 2.32. The molecule has 2 amide bonds. The fourth-order valence-corrected chi connectivity index (χ4v) is 3.23. The quantitative estimate of drug-likeness (QED) is 0.389. The number of hydrogen-bond donors (Lipinski definition) is 0. The number of benzene rings is 2. The molecule has 0 bridgehead atoms. The lowest BCUT2D eigenvalue weighted by atomic mass is 10.2. The summed E-state index contributed by atoms with van der Waals surface area (Å²) in [5, 5.41) is -0.149. The first-order valence-corrected chi connectivity index (χ1v) is 9.68. The Labute approximate surface area is 174 Å². The standard InChI is InChI=1S/C22H21ClN2O4/c1-3-4-14-29-22(28)15-10-12-17(13-11-15)25-20(26)18(23)19(21(25)27)24(2)16-8-6-5-7-9-16/h5-13H,3-4,14H2,1-2H3. The Morgan fingerprint density at radius 1 is 1.03 bits per heavy atom. The first kappa shape index (κ1) is 20.6. The maximum atomic E-state index is 13.0. The van der Waals surface area contributed by atoms with Crippen molar-refractivity contribution in [2.75, 3.05) is 23.5 Å². The molecule has 0 saturated heterocycles. The smallest absolute Gasteiger partial charge is 0.338 e. The summed E-state index contributed by atoms with van der Waals surface area (Å²) >= 11 is 6.22. The van der Waals surface area contributed by atoms with Gasteiger partial charge < -0.3 is 9.64 Å². The molecule has 0 spiro atoms. The molecule has 7 heteroatoms. The van der Waals surface area contributed by atoms with Crippen LogP contribution in [0.4, 0.5) is 11.4 Å². The number of nitrogens with zero attached hydrogens (tertiary/aromatic N) is 2. The van der Waals surface area contributed by atoms with Gasteiger partial charge in [-0.3, -0.25) is 9.59 Å². The average molecular weight is 413 g/mol. The van der Waals surface area contributed by atoms with E-state index in [1.807, 2.05) is 37.3 Å². The van der Waals surface area contributed by atoms with Crippen LogP contribution < -0.4 is 9.80 Å². The van der Waals surface area contributed by atoms with E-state index in [2.05, 4.69) is 0 Å². The van der Waals surface area contributed by atoms with Crippen LogP contribution in [0.15, 0.2) is 65.3 Å². The normalized spacial score (nSPS) is 13.8. The number of para-hydroxylation sites is 1. The number of halogens is 1. The van der Waals surface area contributed by atoms with Gasteiger partial charge in [0.15, 0.2) is 0 Å². The zero-order valence-corrected chi connectivity index (χ0v) is 17.0. The summed E-state index contributed by atoms with van der Waals surface area (Å²) in [5.74, 6) is -1.57. The lowest BCUT2D eigenvalue weighted by Crippen LogP contribution is -2.34. The Morgan fingerprint density at radius 3 is 2.31 bits per heavy atom. The van der Waals surface area contributed by atoms with Crippen molar-refractivity contribution < 1.29 is 19.1 Å². The number of ether oxygens (including phenoxy) is 1. The minimum Gasteiger partial charge on any atom is -0.462 e. The molecule has 2 aromatic carbocycles. The van der Waals surface area contributed by atoms with E-state index in [1.165, 1.54) is 24.3 Å². The molecule has 1 aliphatic rings. The topological polar surface area (TPSA) is 66.9 Å². The van der Waals surface area contributed by atoms with E-state index in [4.69, 9.17) is 16.3 Å². The predicted octanol–water partition coefficient (Wildman–Crippen LogP) is 4.10. The van der Waals surface area contributed by atoms with Gasteiger partial charge in [0.2, 0.25) is 0 Å². The molecular weight excluding hydrogens is 392 g/mol. The minimum absolute atomic E-state index is 0.103. The second-order valence-electron chi connectivity index (χ2n) is 6.54. The fraction of sp³-hybridized carbons (Fsp3) is 0.227. The number of imide groups is 1. The van der Waals surface area contributed by atoms with Gasteiger partial charge in [0.05, 0.1) is 17.9 Å². The molecule has 0 aromatic heterocycles. The van der Waals surface area contributed by atoms with Gasteiger partial charge >= 0.3 is 5.97 Å². The van der Waals surface area contributed by atoms with Gasteiger partial charge in [-0.25, -0.2) is 9.69 Å². The number of esters is 1. The van der Waals surface area contributed by atoms with Gasteiger partial charge in [-0.1, -0.05) is 43.1 Å². The fourth-order valence-electron chi connectivity index (χ4n) is 2.94. The molecular formula is C22H21ClN2O4. The van der Waals surface area contributed by atoms with Gasteiger partial charge in [0, 0.05) is 12.7 Å². The zero-order valence-electron chi connectivity index (χ0n) is 16.2. The molecule has 1 aliphatic heterocycles. The number of rotatable bonds is 7. The van der Waals surface area contributed by atoms with Crippen LogP contribution >= 0.6 is 11.6 Å². The maximum Gasteiger partial charge on any atom is 0.338 e. The van der Waals surface area contributed by atoms with E-state index in [1.54, 1.807) is 11.9 Å². The summed E-state index contributed by atoms with van der Waals surface area (Å²) < 4.78 is 5.17. The maximum absolute atomic E-state index is 13.0. The van der Waals surface area contributed by atoms with Crippen molar-refractivity contribution in [3.8, 4) is 0 Å². The third-order valence-corrected chi connectivity index (χ3v) is 4.92. The number of carbonyl (C=O) groups excluding carboxylic acids is 3. The molecule has 1 heterocycles. The Morgan fingerprint density at radius 2 is 1.69 bits per heavy atom. The van der Waals surface area contributed by atoms with Crippen LogP contribution in [0, 0.1) is 0 Å². The highest BCUT2D eigenvalue weighted by Gasteiger charge is 2.40. The second-order valence-corrected chi connectivity index (χ2v) is 6.92. The lowest BCUT2D eigenvalue weighted by Gasteiger charge is -2.21. The highest BCUT2D eigenvalue weighted by atomic mass is 35.5. The predicted molar refractivity (Wildman–Crippen MR) is 112 cm³/mol. The van der Waals surface area contributed by atoms with Crippen molar-refractivity contribution in [3.05, 3.63) is 70.9 Å². The molecule has 2 aromatic rings. The number of carbonyl (C=O) groups is 3. The largest absolute Gasteiger partial charge is 0.462 e. The van der Waals surface area contributed by atoms with E-state index >= 15 is 0 Å². The molecule has 0 atom stereocenters. The average Bonchev–Trinajstić information content (AvgIpc) is 2.96. The van der Waals surface area contributed by atoms with Crippen LogP contribution in [0.5, 0.6) is 0 Å². The minimum atomic E-state index is -0.604. The SMILES string of the molecule is CCCCOC(=O)c1ccc(N2C(=O)C(Cl)=C(N(C)c3ccccc3)C2=O)cc1. The lowest BCUT2D eigenvalue weighted by molar-refractivity contribution is -0.120. The Balaban J connectivity index is 1.80. The molecule has 0 aliphatic carbocycles. The van der Waals surface area contributed by atoms with Gasteiger partial charge in [-0.05, 0) is 42.8 Å². The summed E-state index contributed by atoms with van der Waals surface area (Å²) in [7, 11) is 1.68. The molecule has 6 nitrogen and oxygen atoms in total. The van der Waals surface area contributed by atoms with E-state index in [0.29, 0.717) is 17.9 Å². The molecule has 29 heavy (non-hydrogen) atoms. The van der Waals surface area contributed by atoms with Crippen molar-refractivity contribution in [2.45, 2.75) is 19.8 Å². The Hall–Kier alpha value is -3.12. The van der Waals surface area contributed by atoms with Gasteiger partial charge in [-0.15, -0.1) is 0 Å². The van der Waals surface area contributed by atoms with Crippen molar-refractivity contribution in [3.63, 3.8) is 0 Å². The Kier molecular flexibility index (Phi) is 6.34. The van der Waals surface area contributed by atoms with Crippen LogP contribution in [0.1, 0.15) is 30.1 Å². The number of hydrogen-bond acceptors (Lipinski definition) is 5. The van der Waals surface area contributed by atoms with Gasteiger partial charge in [0.1, 0.15) is 10.7 Å². The van der Waals surface area contributed by atoms with Crippen LogP contribution in [0.3, 0.4) is 0 Å². The van der Waals surface area contributed by atoms with Crippen molar-refractivity contribution in [1.82, 2.24) is 0 Å². The third-order valence-electron chi connectivity index (χ3n) is 4.58. The molecule has 0 saturated carbocycles. The number of anilines is 2. The van der Waals surface area contributed by atoms with E-state index in [-0.39, 0.29) is 10.7 Å². The molecule has 0 N–H and O–H groups in total. The van der Waals surface area contributed by atoms with E-state index in [9.17, 15) is 14.4 Å². The third kappa shape index (κ3) is 4.17. The highest BCUT2D eigenvalue weighted by molar-refractivity contribution is 6.53. The zero-order chi connectivity index (χ0) is 21.0. The number of unbranched alkanes of at least 4 members (excludes halogenated alkanes) is 1. The van der Waals surface area contributed by atoms with E-state index < -0.39 is 17.8 Å². The monoisotopic (exact) mass is 412 g/mol. The summed E-state index contributed by atoms with van der Waals surface area (Å²) in [6.07, 6.45) is 1.72. The van der Waals surface area contributed by atoms with Crippen LogP contribution in [0.2, 0.25) is 0 Å². The molecule has 3 rings (SSSR count). The number of amides is 2. The molecule has 0 fully saturated rings. The Bertz CT molecular complexity index is 955. The van der Waals surface area contributed by atoms with Crippen molar-refractivity contribution in [1.29, 1.82) is 0 Å². The van der Waals surface area contributed by atoms with Crippen LogP contribution in [-0.2, 0) is 14.3 Å². The van der Waals surface area contributed by atoms with E-state index in [0.717, 1.165) is 23.4 Å². The van der Waals surface area contributed by atoms with Crippen LogP contribution in [-0.4, -0.2) is 31.4 Å². The molecule has 150 valence electrons. The summed E-state index contributed by atoms with van der Waals surface area (Å²) in [4.78, 5) is 40.2. The first-order chi connectivity index (χ1) is 14.0. The summed E-state index contributed by atoms with van der Waals surface area (Å²) in [6, 6.07) is 15.3. The molecule has 0 radical (unpaired) electrons. The van der Waals surface area contributed by atoms with Gasteiger partial charge in [0.25, 0.3) is 11.8 Å². The second kappa shape index (κ2) is 8.92.